The molecule has 0 atom stereocenters. The van der Waals surface area contributed by atoms with Crippen molar-refractivity contribution in [2.75, 3.05) is 5.32 Å². The summed E-state index contributed by atoms with van der Waals surface area (Å²) in [5, 5.41) is 2.92. The third kappa shape index (κ3) is 3.00. The highest BCUT2D eigenvalue weighted by Crippen LogP contribution is 2.18. The van der Waals surface area contributed by atoms with Gasteiger partial charge in [0.15, 0.2) is 0 Å². The number of nitrogens with one attached hydrogen (secondary N) is 2. The first-order valence-corrected chi connectivity index (χ1v) is 9.12. The van der Waals surface area contributed by atoms with Crippen LogP contribution in [0.1, 0.15) is 10.4 Å². The van der Waals surface area contributed by atoms with Crippen LogP contribution in [0.2, 0.25) is 0 Å². The highest BCUT2D eigenvalue weighted by Gasteiger charge is 2.18. The number of H-pyrrole nitrogens is 1. The molecule has 7 nitrogen and oxygen atoms in total. The molecule has 5 rings (SSSR count). The summed E-state index contributed by atoms with van der Waals surface area (Å²) >= 11 is 0. The summed E-state index contributed by atoms with van der Waals surface area (Å²) in [4.78, 5) is 37.5. The van der Waals surface area contributed by atoms with Gasteiger partial charge in [-0.2, -0.15) is 0 Å². The standard InChI is InChI=1S/C22H14FN5O2/c23-13-7-9-14(10-8-13)28-12-16(19(29)15-4-3-11-24-20(15)28)21(30)27-22-25-17-5-1-2-6-18(17)26-22/h1-12H,(H2,25,26,27,30). The van der Waals surface area contributed by atoms with Gasteiger partial charge in [0.1, 0.15) is 17.0 Å². The van der Waals surface area contributed by atoms with E-state index in [0.29, 0.717) is 16.9 Å². The zero-order chi connectivity index (χ0) is 20.7. The molecule has 8 heteroatoms. The fraction of sp³-hybridized carbons (Fsp3) is 0. The van der Waals surface area contributed by atoms with Crippen molar-refractivity contribution in [2.45, 2.75) is 0 Å². The van der Waals surface area contributed by atoms with Crippen molar-refractivity contribution in [1.29, 1.82) is 0 Å². The van der Waals surface area contributed by atoms with E-state index in [-0.39, 0.29) is 22.7 Å². The Bertz CT molecular complexity index is 1440. The van der Waals surface area contributed by atoms with Gasteiger partial charge in [0, 0.05) is 18.1 Å². The number of hydrogen-bond donors (Lipinski definition) is 2. The van der Waals surface area contributed by atoms with Gasteiger partial charge in [-0.25, -0.2) is 14.4 Å². The number of aromatic amines is 1. The number of hydrogen-bond acceptors (Lipinski definition) is 4. The van der Waals surface area contributed by atoms with Crippen LogP contribution in [0.15, 0.2) is 77.9 Å². The first kappa shape index (κ1) is 17.7. The lowest BCUT2D eigenvalue weighted by molar-refractivity contribution is 0.102. The number of fused-ring (bicyclic) bond motifs is 2. The van der Waals surface area contributed by atoms with Gasteiger partial charge in [0.2, 0.25) is 11.4 Å². The average Bonchev–Trinajstić information content (AvgIpc) is 3.17. The van der Waals surface area contributed by atoms with Crippen molar-refractivity contribution in [3.63, 3.8) is 0 Å². The molecule has 0 saturated heterocycles. The van der Waals surface area contributed by atoms with Gasteiger partial charge in [-0.1, -0.05) is 12.1 Å². The molecule has 2 aromatic carbocycles. The molecule has 0 aliphatic heterocycles. The van der Waals surface area contributed by atoms with E-state index >= 15 is 0 Å². The quantitative estimate of drug-likeness (QED) is 0.484. The Morgan fingerprint density at radius 1 is 1.03 bits per heavy atom. The molecule has 0 unspecified atom stereocenters. The summed E-state index contributed by atoms with van der Waals surface area (Å²) in [6.07, 6.45) is 2.96. The minimum absolute atomic E-state index is 0.0831. The zero-order valence-corrected chi connectivity index (χ0v) is 15.5. The highest BCUT2D eigenvalue weighted by molar-refractivity contribution is 6.05. The summed E-state index contributed by atoms with van der Waals surface area (Å²) in [5.74, 6) is -0.763. The van der Waals surface area contributed by atoms with E-state index in [1.54, 1.807) is 35.0 Å². The molecule has 0 aliphatic carbocycles. The summed E-state index contributed by atoms with van der Waals surface area (Å²) in [5.41, 5.74) is 1.86. The number of anilines is 1. The Labute approximate surface area is 168 Å². The van der Waals surface area contributed by atoms with Gasteiger partial charge < -0.3 is 9.55 Å². The number of carbonyl (C=O) groups is 1. The second kappa shape index (κ2) is 6.93. The smallest absolute Gasteiger partial charge is 0.263 e. The SMILES string of the molecule is O=C(Nc1nc2ccccc2[nH]1)c1cn(-c2ccc(F)cc2)c2ncccc2c1=O. The Kier molecular flexibility index (Phi) is 4.10. The number of rotatable bonds is 3. The van der Waals surface area contributed by atoms with Crippen molar-refractivity contribution in [3.8, 4) is 5.69 Å². The number of amides is 1. The summed E-state index contributed by atoms with van der Waals surface area (Å²) in [6, 6.07) is 16.3. The maximum atomic E-state index is 13.4. The Morgan fingerprint density at radius 3 is 2.63 bits per heavy atom. The molecule has 0 radical (unpaired) electrons. The van der Waals surface area contributed by atoms with Crippen LogP contribution in [0.4, 0.5) is 10.3 Å². The summed E-state index contributed by atoms with van der Waals surface area (Å²) in [6.45, 7) is 0. The van der Waals surface area contributed by atoms with Crippen molar-refractivity contribution >= 4 is 33.9 Å². The maximum absolute atomic E-state index is 13.4. The van der Waals surface area contributed by atoms with Crippen LogP contribution >= 0.6 is 0 Å². The Hall–Kier alpha value is -4.33. The van der Waals surface area contributed by atoms with Crippen LogP contribution in [0, 0.1) is 5.82 Å². The molecule has 5 aromatic rings. The first-order chi connectivity index (χ1) is 14.6. The van der Waals surface area contributed by atoms with Crippen LogP contribution in [0.3, 0.4) is 0 Å². The number of nitrogens with zero attached hydrogens (tertiary/aromatic N) is 3. The van der Waals surface area contributed by atoms with E-state index in [1.165, 1.54) is 18.3 Å². The van der Waals surface area contributed by atoms with Crippen LogP contribution in [0.25, 0.3) is 27.8 Å². The minimum Gasteiger partial charge on any atom is -0.324 e. The molecule has 0 fully saturated rings. The number of halogens is 1. The third-order valence-corrected chi connectivity index (χ3v) is 4.73. The molecule has 3 heterocycles. The number of aromatic nitrogens is 4. The molecule has 146 valence electrons. The van der Waals surface area contributed by atoms with Crippen LogP contribution in [0.5, 0.6) is 0 Å². The fourth-order valence-electron chi connectivity index (χ4n) is 3.31. The fourth-order valence-corrected chi connectivity index (χ4v) is 3.31. The minimum atomic E-state index is -0.610. The molecule has 2 N–H and O–H groups in total. The lowest BCUT2D eigenvalue weighted by Crippen LogP contribution is -2.24. The van der Waals surface area contributed by atoms with E-state index in [2.05, 4.69) is 20.3 Å². The van der Waals surface area contributed by atoms with E-state index in [4.69, 9.17) is 0 Å². The average molecular weight is 399 g/mol. The summed E-state index contributed by atoms with van der Waals surface area (Å²) in [7, 11) is 0. The Balaban J connectivity index is 1.63. The second-order valence-corrected chi connectivity index (χ2v) is 6.65. The molecule has 0 spiro atoms. The molecule has 0 bridgehead atoms. The first-order valence-electron chi connectivity index (χ1n) is 9.12. The lowest BCUT2D eigenvalue weighted by Gasteiger charge is -2.12. The number of imidazole rings is 1. The predicted octanol–water partition coefficient (Wildman–Crippen LogP) is 3.65. The molecule has 1 amide bonds. The Morgan fingerprint density at radius 2 is 1.83 bits per heavy atom. The molecule has 3 aromatic heterocycles. The van der Waals surface area contributed by atoms with Gasteiger partial charge in [-0.3, -0.25) is 14.9 Å². The maximum Gasteiger partial charge on any atom is 0.263 e. The van der Waals surface area contributed by atoms with E-state index in [9.17, 15) is 14.0 Å². The number of pyridine rings is 2. The van der Waals surface area contributed by atoms with E-state index < -0.39 is 11.3 Å². The number of carbonyl (C=O) groups excluding carboxylic acids is 1. The van der Waals surface area contributed by atoms with E-state index in [1.807, 2.05) is 24.3 Å². The molecular weight excluding hydrogens is 385 g/mol. The zero-order valence-electron chi connectivity index (χ0n) is 15.5. The van der Waals surface area contributed by atoms with Gasteiger partial charge in [0.05, 0.1) is 16.4 Å². The van der Waals surface area contributed by atoms with E-state index in [0.717, 1.165) is 5.52 Å². The number of para-hydroxylation sites is 2. The highest BCUT2D eigenvalue weighted by atomic mass is 19.1. The second-order valence-electron chi connectivity index (χ2n) is 6.65. The van der Waals surface area contributed by atoms with Gasteiger partial charge in [-0.05, 0) is 48.5 Å². The lowest BCUT2D eigenvalue weighted by atomic mass is 10.1. The topological polar surface area (TPSA) is 92.7 Å². The van der Waals surface area contributed by atoms with Crippen LogP contribution in [-0.2, 0) is 0 Å². The van der Waals surface area contributed by atoms with Gasteiger partial charge in [-0.15, -0.1) is 0 Å². The van der Waals surface area contributed by atoms with Gasteiger partial charge >= 0.3 is 0 Å². The molecule has 0 aliphatic rings. The summed E-state index contributed by atoms with van der Waals surface area (Å²) < 4.78 is 15.0. The van der Waals surface area contributed by atoms with Crippen molar-refractivity contribution in [2.24, 2.45) is 0 Å². The van der Waals surface area contributed by atoms with Crippen molar-refractivity contribution < 1.29 is 9.18 Å². The molecule has 30 heavy (non-hydrogen) atoms. The van der Waals surface area contributed by atoms with Crippen molar-refractivity contribution in [1.82, 2.24) is 19.5 Å². The van der Waals surface area contributed by atoms with Crippen LogP contribution in [-0.4, -0.2) is 25.4 Å². The van der Waals surface area contributed by atoms with Crippen LogP contribution < -0.4 is 10.7 Å². The molecule has 0 saturated carbocycles. The number of benzene rings is 2. The largest absolute Gasteiger partial charge is 0.324 e. The van der Waals surface area contributed by atoms with Gasteiger partial charge in [0.25, 0.3) is 5.91 Å². The normalized spacial score (nSPS) is 11.1. The third-order valence-electron chi connectivity index (χ3n) is 4.73. The molecular formula is C22H14FN5O2. The van der Waals surface area contributed by atoms with Crippen molar-refractivity contribution in [3.05, 3.63) is 94.7 Å². The monoisotopic (exact) mass is 399 g/mol. The predicted molar refractivity (Wildman–Crippen MR) is 111 cm³/mol.